The van der Waals surface area contributed by atoms with Crippen molar-refractivity contribution < 1.29 is 14.3 Å². The van der Waals surface area contributed by atoms with Crippen LogP contribution in [0.15, 0.2) is 0 Å². The summed E-state index contributed by atoms with van der Waals surface area (Å²) in [6.45, 7) is 1.38. The number of halogens is 1. The topological polar surface area (TPSA) is 93.5 Å². The number of carbonyl (C=O) groups excluding carboxylic acids is 2. The fraction of sp³-hybridized carbons (Fsp3) is 0.867. The maximum atomic E-state index is 12.1. The third-order valence-corrected chi connectivity index (χ3v) is 4.45. The Bertz CT molecular complexity index is 367. The lowest BCUT2D eigenvalue weighted by Gasteiger charge is -2.31. The van der Waals surface area contributed by atoms with Crippen LogP contribution >= 0.6 is 12.4 Å². The maximum absolute atomic E-state index is 12.1. The number of nitrogens with one attached hydrogen (secondary N) is 2. The Balaban J connectivity index is 0.00000242. The molecule has 1 aliphatic carbocycles. The summed E-state index contributed by atoms with van der Waals surface area (Å²) in [6, 6.07) is 0.318. The van der Waals surface area contributed by atoms with Gasteiger partial charge in [0, 0.05) is 32.2 Å². The molecule has 2 rings (SSSR count). The van der Waals surface area contributed by atoms with Crippen molar-refractivity contribution in [3.63, 3.8) is 0 Å². The molecule has 22 heavy (non-hydrogen) atoms. The van der Waals surface area contributed by atoms with Crippen LogP contribution in [0.3, 0.4) is 0 Å². The minimum atomic E-state index is -0.835. The first-order valence-electron chi connectivity index (χ1n) is 8.04. The smallest absolute Gasteiger partial charge is 0.240 e. The number of rotatable bonds is 5. The van der Waals surface area contributed by atoms with E-state index in [0.717, 1.165) is 12.8 Å². The molecule has 1 aliphatic heterocycles. The number of hydrogen-bond acceptors (Lipinski definition) is 4. The molecule has 4 N–H and O–H groups in total. The monoisotopic (exact) mass is 333 g/mol. The predicted octanol–water partition coefficient (Wildman–Crippen LogP) is 0.871. The van der Waals surface area contributed by atoms with Crippen molar-refractivity contribution in [3.8, 4) is 0 Å². The second-order valence-corrected chi connectivity index (χ2v) is 6.18. The van der Waals surface area contributed by atoms with E-state index >= 15 is 0 Å². The van der Waals surface area contributed by atoms with Crippen molar-refractivity contribution in [3.05, 3.63) is 0 Å². The van der Waals surface area contributed by atoms with E-state index in [1.807, 2.05) is 0 Å². The van der Waals surface area contributed by atoms with Gasteiger partial charge in [-0.15, -0.1) is 12.4 Å². The number of ether oxygens (including phenoxy) is 1. The molecule has 2 aliphatic rings. The van der Waals surface area contributed by atoms with E-state index in [4.69, 9.17) is 10.5 Å². The van der Waals surface area contributed by atoms with Gasteiger partial charge in [-0.2, -0.15) is 0 Å². The summed E-state index contributed by atoms with van der Waals surface area (Å²) in [5, 5.41) is 5.82. The standard InChI is InChI=1S/C15H27N3O3.ClH/c16-15(7-10-21-11-8-15)14(20)17-9-6-13(19)18-12-4-2-1-3-5-12;/h12H,1-11,16H2,(H,17,20)(H,18,19);1H. The Morgan fingerprint density at radius 1 is 1.14 bits per heavy atom. The zero-order valence-electron chi connectivity index (χ0n) is 13.1. The summed E-state index contributed by atoms with van der Waals surface area (Å²) in [4.78, 5) is 23.9. The fourth-order valence-corrected chi connectivity index (χ4v) is 2.98. The third kappa shape index (κ3) is 5.74. The molecule has 0 spiro atoms. The highest BCUT2D eigenvalue weighted by molar-refractivity contribution is 5.86. The van der Waals surface area contributed by atoms with E-state index < -0.39 is 5.54 Å². The molecular weight excluding hydrogens is 306 g/mol. The summed E-state index contributed by atoms with van der Waals surface area (Å²) in [7, 11) is 0. The summed E-state index contributed by atoms with van der Waals surface area (Å²) >= 11 is 0. The minimum absolute atomic E-state index is 0. The van der Waals surface area contributed by atoms with Crippen LogP contribution in [0.25, 0.3) is 0 Å². The van der Waals surface area contributed by atoms with Crippen LogP contribution in [0.1, 0.15) is 51.4 Å². The van der Waals surface area contributed by atoms with Gasteiger partial charge in [0.25, 0.3) is 0 Å². The molecule has 0 aromatic heterocycles. The summed E-state index contributed by atoms with van der Waals surface area (Å²) in [5.74, 6) is -0.156. The maximum Gasteiger partial charge on any atom is 0.240 e. The van der Waals surface area contributed by atoms with Crippen LogP contribution in [0.2, 0.25) is 0 Å². The van der Waals surface area contributed by atoms with Crippen LogP contribution < -0.4 is 16.4 Å². The van der Waals surface area contributed by atoms with Crippen molar-refractivity contribution in [2.75, 3.05) is 19.8 Å². The van der Waals surface area contributed by atoms with Crippen molar-refractivity contribution in [2.45, 2.75) is 62.9 Å². The quantitative estimate of drug-likeness (QED) is 0.696. The van der Waals surface area contributed by atoms with Crippen LogP contribution in [-0.4, -0.2) is 43.2 Å². The predicted molar refractivity (Wildman–Crippen MR) is 86.9 cm³/mol. The highest BCUT2D eigenvalue weighted by atomic mass is 35.5. The number of carbonyl (C=O) groups is 2. The normalized spacial score (nSPS) is 21.5. The molecule has 0 bridgehead atoms. The number of nitrogens with two attached hydrogens (primary N) is 1. The molecule has 1 saturated heterocycles. The Morgan fingerprint density at radius 2 is 1.77 bits per heavy atom. The molecule has 128 valence electrons. The molecule has 0 unspecified atom stereocenters. The van der Waals surface area contributed by atoms with Crippen LogP contribution in [0, 0.1) is 0 Å². The van der Waals surface area contributed by atoms with Crippen molar-refractivity contribution >= 4 is 24.2 Å². The zero-order valence-corrected chi connectivity index (χ0v) is 13.9. The van der Waals surface area contributed by atoms with Gasteiger partial charge >= 0.3 is 0 Å². The molecule has 0 aromatic rings. The average Bonchev–Trinajstić information content (AvgIpc) is 2.49. The first-order valence-corrected chi connectivity index (χ1v) is 8.04. The molecule has 2 fully saturated rings. The van der Waals surface area contributed by atoms with Crippen LogP contribution in [0.4, 0.5) is 0 Å². The lowest BCUT2D eigenvalue weighted by molar-refractivity contribution is -0.129. The molecule has 7 heteroatoms. The summed E-state index contributed by atoms with van der Waals surface area (Å²) in [6.07, 6.45) is 7.19. The fourth-order valence-electron chi connectivity index (χ4n) is 2.98. The summed E-state index contributed by atoms with van der Waals surface area (Å²) < 4.78 is 5.22. The van der Waals surface area contributed by atoms with E-state index in [2.05, 4.69) is 10.6 Å². The van der Waals surface area contributed by atoms with Crippen molar-refractivity contribution in [2.24, 2.45) is 5.73 Å². The van der Waals surface area contributed by atoms with Gasteiger partial charge < -0.3 is 21.1 Å². The lowest BCUT2D eigenvalue weighted by Crippen LogP contribution is -2.57. The van der Waals surface area contributed by atoms with E-state index in [1.165, 1.54) is 19.3 Å². The van der Waals surface area contributed by atoms with Gasteiger partial charge in [-0.05, 0) is 25.7 Å². The van der Waals surface area contributed by atoms with E-state index in [0.29, 0.717) is 45.1 Å². The Morgan fingerprint density at radius 3 is 2.41 bits per heavy atom. The Hall–Kier alpha value is -0.850. The zero-order chi connectivity index (χ0) is 15.1. The number of hydrogen-bond donors (Lipinski definition) is 3. The molecule has 0 atom stereocenters. The SMILES string of the molecule is Cl.NC1(C(=O)NCCC(=O)NC2CCCCC2)CCOCC1. The largest absolute Gasteiger partial charge is 0.381 e. The molecule has 1 heterocycles. The van der Waals surface area contributed by atoms with Gasteiger partial charge in [0.2, 0.25) is 11.8 Å². The molecule has 0 aromatic carbocycles. The van der Waals surface area contributed by atoms with E-state index in [9.17, 15) is 9.59 Å². The second kappa shape index (κ2) is 9.33. The van der Waals surface area contributed by atoms with E-state index in [1.54, 1.807) is 0 Å². The number of amides is 2. The first-order chi connectivity index (χ1) is 10.1. The average molecular weight is 334 g/mol. The van der Waals surface area contributed by atoms with Gasteiger partial charge in [-0.1, -0.05) is 19.3 Å². The lowest BCUT2D eigenvalue weighted by atomic mass is 9.90. The third-order valence-electron chi connectivity index (χ3n) is 4.45. The highest BCUT2D eigenvalue weighted by Crippen LogP contribution is 2.18. The molecule has 1 saturated carbocycles. The van der Waals surface area contributed by atoms with Gasteiger partial charge in [-0.25, -0.2) is 0 Å². The van der Waals surface area contributed by atoms with Crippen LogP contribution in [-0.2, 0) is 14.3 Å². The van der Waals surface area contributed by atoms with Gasteiger partial charge in [0.1, 0.15) is 0 Å². The van der Waals surface area contributed by atoms with Gasteiger partial charge in [0.15, 0.2) is 0 Å². The van der Waals surface area contributed by atoms with Crippen molar-refractivity contribution in [1.82, 2.24) is 10.6 Å². The molecular formula is C15H28ClN3O3. The van der Waals surface area contributed by atoms with Gasteiger partial charge in [0.05, 0.1) is 5.54 Å². The highest BCUT2D eigenvalue weighted by Gasteiger charge is 2.35. The van der Waals surface area contributed by atoms with Crippen molar-refractivity contribution in [1.29, 1.82) is 0 Å². The second-order valence-electron chi connectivity index (χ2n) is 6.18. The van der Waals surface area contributed by atoms with Crippen LogP contribution in [0.5, 0.6) is 0 Å². The molecule has 6 nitrogen and oxygen atoms in total. The molecule has 0 radical (unpaired) electrons. The Kier molecular flexibility index (Phi) is 8.14. The van der Waals surface area contributed by atoms with Gasteiger partial charge in [-0.3, -0.25) is 9.59 Å². The minimum Gasteiger partial charge on any atom is -0.381 e. The first kappa shape index (κ1) is 19.2. The molecule has 2 amide bonds. The summed E-state index contributed by atoms with van der Waals surface area (Å²) in [5.41, 5.74) is 5.24. The Labute approximate surface area is 138 Å². The van der Waals surface area contributed by atoms with E-state index in [-0.39, 0.29) is 24.2 Å².